The van der Waals surface area contributed by atoms with Gasteiger partial charge in [0, 0.05) is 16.3 Å². The Morgan fingerprint density at radius 1 is 1.26 bits per heavy atom. The van der Waals surface area contributed by atoms with Crippen LogP contribution in [-0.4, -0.2) is 9.97 Å². The first-order valence-electron chi connectivity index (χ1n) is 6.12. The predicted octanol–water partition coefficient (Wildman–Crippen LogP) is 3.89. The minimum atomic E-state index is 0.239. The van der Waals surface area contributed by atoms with Crippen molar-refractivity contribution >= 4 is 28.9 Å². The molecule has 0 aliphatic heterocycles. The Morgan fingerprint density at radius 3 is 2.68 bits per heavy atom. The van der Waals surface area contributed by atoms with Crippen LogP contribution < -0.4 is 11.1 Å². The maximum Gasteiger partial charge on any atom is 0.139 e. The van der Waals surface area contributed by atoms with E-state index < -0.39 is 0 Å². The molecule has 1 aromatic heterocycles. The summed E-state index contributed by atoms with van der Waals surface area (Å²) in [4.78, 5) is 8.32. The molecule has 0 aliphatic rings. The van der Waals surface area contributed by atoms with Crippen molar-refractivity contribution < 1.29 is 0 Å². The van der Waals surface area contributed by atoms with Gasteiger partial charge in [-0.1, -0.05) is 31.5 Å². The van der Waals surface area contributed by atoms with E-state index in [1.165, 1.54) is 6.33 Å². The first-order valence-corrected chi connectivity index (χ1v) is 6.50. The number of anilines is 3. The highest BCUT2D eigenvalue weighted by Crippen LogP contribution is 2.30. The van der Waals surface area contributed by atoms with Crippen LogP contribution >= 0.6 is 11.6 Å². The lowest BCUT2D eigenvalue weighted by Crippen LogP contribution is -2.07. The Labute approximate surface area is 118 Å². The number of benzene rings is 1. The molecule has 19 heavy (non-hydrogen) atoms. The van der Waals surface area contributed by atoms with Crippen molar-refractivity contribution in [1.29, 1.82) is 0 Å². The molecule has 0 atom stereocenters. The molecular weight excluding hydrogens is 260 g/mol. The second-order valence-corrected chi connectivity index (χ2v) is 5.20. The van der Waals surface area contributed by atoms with Crippen LogP contribution in [0.4, 0.5) is 17.3 Å². The molecule has 0 aliphatic carbocycles. The predicted molar refractivity (Wildman–Crippen MR) is 80.0 cm³/mol. The molecule has 3 N–H and O–H groups in total. The summed E-state index contributed by atoms with van der Waals surface area (Å²) in [6.07, 6.45) is 1.46. The van der Waals surface area contributed by atoms with E-state index in [0.29, 0.717) is 10.8 Å². The molecule has 0 fully saturated rings. The van der Waals surface area contributed by atoms with Gasteiger partial charge in [-0.05, 0) is 30.5 Å². The minimum Gasteiger partial charge on any atom is -0.383 e. The Bertz CT molecular complexity index is 596. The largest absolute Gasteiger partial charge is 0.383 e. The lowest BCUT2D eigenvalue weighted by atomic mass is 10.0. The molecule has 0 bridgehead atoms. The van der Waals surface area contributed by atoms with E-state index in [9.17, 15) is 0 Å². The van der Waals surface area contributed by atoms with Gasteiger partial charge in [0.2, 0.25) is 0 Å². The number of hydrogen-bond acceptors (Lipinski definition) is 4. The lowest BCUT2D eigenvalue weighted by Gasteiger charge is -2.16. The maximum atomic E-state index is 6.02. The lowest BCUT2D eigenvalue weighted by molar-refractivity contribution is 0.855. The highest BCUT2D eigenvalue weighted by molar-refractivity contribution is 6.30. The fraction of sp³-hybridized carbons (Fsp3) is 0.286. The number of nitrogens with two attached hydrogens (primary N) is 1. The normalized spacial score (nSPS) is 10.8. The number of aromatic nitrogens is 2. The quantitative estimate of drug-likeness (QED) is 0.893. The molecule has 2 aromatic rings. The van der Waals surface area contributed by atoms with E-state index in [1.807, 2.05) is 25.1 Å². The van der Waals surface area contributed by atoms with Crippen LogP contribution in [0.15, 0.2) is 24.5 Å². The van der Waals surface area contributed by atoms with E-state index in [2.05, 4.69) is 29.1 Å². The van der Waals surface area contributed by atoms with Crippen molar-refractivity contribution in [1.82, 2.24) is 9.97 Å². The van der Waals surface area contributed by atoms with Crippen molar-refractivity contribution in [3.8, 4) is 0 Å². The fourth-order valence-corrected chi connectivity index (χ4v) is 2.11. The van der Waals surface area contributed by atoms with Gasteiger partial charge >= 0.3 is 0 Å². The maximum absolute atomic E-state index is 6.02. The van der Waals surface area contributed by atoms with Crippen molar-refractivity contribution in [2.45, 2.75) is 26.7 Å². The second-order valence-electron chi connectivity index (χ2n) is 4.76. The number of nitrogens with one attached hydrogen (secondary N) is 1. The van der Waals surface area contributed by atoms with E-state index in [0.717, 1.165) is 22.6 Å². The van der Waals surface area contributed by atoms with Gasteiger partial charge in [0.05, 0.1) is 0 Å². The molecule has 1 aromatic carbocycles. The average molecular weight is 277 g/mol. The number of rotatable bonds is 3. The van der Waals surface area contributed by atoms with Crippen LogP contribution in [0.3, 0.4) is 0 Å². The van der Waals surface area contributed by atoms with Gasteiger partial charge in [0.25, 0.3) is 0 Å². The molecule has 0 saturated carbocycles. The molecule has 2 rings (SSSR count). The zero-order valence-electron chi connectivity index (χ0n) is 11.2. The van der Waals surface area contributed by atoms with Crippen LogP contribution in [0.5, 0.6) is 0 Å². The third kappa shape index (κ3) is 2.96. The molecule has 0 unspecified atom stereocenters. The number of aryl methyl sites for hydroxylation is 1. The number of hydrogen-bond donors (Lipinski definition) is 2. The molecule has 0 amide bonds. The van der Waals surface area contributed by atoms with Crippen molar-refractivity contribution in [2.75, 3.05) is 11.1 Å². The first-order chi connectivity index (χ1) is 8.99. The Morgan fingerprint density at radius 2 is 2.00 bits per heavy atom. The molecular formula is C14H17ClN4. The molecule has 0 radical (unpaired) electrons. The average Bonchev–Trinajstić information content (AvgIpc) is 2.33. The van der Waals surface area contributed by atoms with Crippen LogP contribution in [0.2, 0.25) is 5.02 Å². The highest BCUT2D eigenvalue weighted by atomic mass is 35.5. The van der Waals surface area contributed by atoms with Gasteiger partial charge < -0.3 is 11.1 Å². The zero-order valence-corrected chi connectivity index (χ0v) is 12.0. The third-order valence-electron chi connectivity index (χ3n) is 2.94. The van der Waals surface area contributed by atoms with E-state index in [-0.39, 0.29) is 5.92 Å². The Balaban J connectivity index is 2.44. The van der Waals surface area contributed by atoms with Gasteiger partial charge in [0.1, 0.15) is 18.0 Å². The van der Waals surface area contributed by atoms with Gasteiger partial charge in [-0.25, -0.2) is 9.97 Å². The Kier molecular flexibility index (Phi) is 3.90. The smallest absolute Gasteiger partial charge is 0.139 e. The van der Waals surface area contributed by atoms with Gasteiger partial charge in [-0.15, -0.1) is 0 Å². The van der Waals surface area contributed by atoms with Crippen molar-refractivity contribution in [2.24, 2.45) is 0 Å². The van der Waals surface area contributed by atoms with Crippen molar-refractivity contribution in [3.05, 3.63) is 40.7 Å². The number of halogens is 1. The fourth-order valence-electron chi connectivity index (χ4n) is 1.93. The summed E-state index contributed by atoms with van der Waals surface area (Å²) >= 11 is 6.02. The topological polar surface area (TPSA) is 63.8 Å². The molecule has 1 heterocycles. The van der Waals surface area contributed by atoms with Crippen LogP contribution in [0.1, 0.15) is 30.9 Å². The SMILES string of the molecule is Cc1ccc(Cl)cc1Nc1ncnc(N)c1C(C)C. The zero-order chi connectivity index (χ0) is 14.0. The second kappa shape index (κ2) is 5.45. The summed E-state index contributed by atoms with van der Waals surface area (Å²) in [6.45, 7) is 6.13. The Hall–Kier alpha value is -1.81. The summed E-state index contributed by atoms with van der Waals surface area (Å²) in [5, 5.41) is 3.97. The standard InChI is InChI=1S/C14H17ClN4/c1-8(2)12-13(16)17-7-18-14(12)19-11-6-10(15)5-4-9(11)3/h4-8H,1-3H3,(H3,16,17,18,19). The third-order valence-corrected chi connectivity index (χ3v) is 3.18. The summed E-state index contributed by atoms with van der Waals surface area (Å²) < 4.78 is 0. The molecule has 100 valence electrons. The summed E-state index contributed by atoms with van der Waals surface area (Å²) in [7, 11) is 0. The molecule has 0 saturated heterocycles. The van der Waals surface area contributed by atoms with Crippen LogP contribution in [0.25, 0.3) is 0 Å². The summed E-state index contributed by atoms with van der Waals surface area (Å²) in [6, 6.07) is 5.70. The van der Waals surface area contributed by atoms with Gasteiger partial charge in [-0.3, -0.25) is 0 Å². The monoisotopic (exact) mass is 276 g/mol. The minimum absolute atomic E-state index is 0.239. The van der Waals surface area contributed by atoms with Gasteiger partial charge in [-0.2, -0.15) is 0 Å². The first kappa shape index (κ1) is 13.6. The highest BCUT2D eigenvalue weighted by Gasteiger charge is 2.13. The summed E-state index contributed by atoms with van der Waals surface area (Å²) in [5.41, 5.74) is 8.86. The van der Waals surface area contributed by atoms with Crippen LogP contribution in [-0.2, 0) is 0 Å². The van der Waals surface area contributed by atoms with Crippen LogP contribution in [0, 0.1) is 6.92 Å². The van der Waals surface area contributed by atoms with Gasteiger partial charge in [0.15, 0.2) is 0 Å². The van der Waals surface area contributed by atoms with Crippen molar-refractivity contribution in [3.63, 3.8) is 0 Å². The number of nitrogen functional groups attached to an aromatic ring is 1. The van der Waals surface area contributed by atoms with E-state index >= 15 is 0 Å². The molecule has 0 spiro atoms. The summed E-state index contributed by atoms with van der Waals surface area (Å²) in [5.74, 6) is 1.48. The molecule has 4 nitrogen and oxygen atoms in total. The molecule has 5 heteroatoms. The number of nitrogens with zero attached hydrogens (tertiary/aromatic N) is 2. The van der Waals surface area contributed by atoms with E-state index in [4.69, 9.17) is 17.3 Å². The van der Waals surface area contributed by atoms with E-state index in [1.54, 1.807) is 0 Å².